The first-order valence-electron chi connectivity index (χ1n) is 7.47. The van der Waals surface area contributed by atoms with Gasteiger partial charge >= 0.3 is 0 Å². The van der Waals surface area contributed by atoms with Crippen molar-refractivity contribution in [3.8, 4) is 0 Å². The van der Waals surface area contributed by atoms with Gasteiger partial charge in [-0.1, -0.05) is 24.9 Å². The molecule has 0 aliphatic heterocycles. The molecule has 0 amide bonds. The number of rotatable bonds is 4. The first-order valence-corrected chi connectivity index (χ1v) is 7.47. The Morgan fingerprint density at radius 3 is 2.86 bits per heavy atom. The Bertz CT molecular complexity index is 518. The molecule has 1 saturated carbocycles. The lowest BCUT2D eigenvalue weighted by molar-refractivity contribution is 0.157. The second kappa shape index (κ2) is 6.89. The number of amidine groups is 1. The van der Waals surface area contributed by atoms with Gasteiger partial charge in [0.05, 0.1) is 0 Å². The SMILES string of the molecule is CC1CCCC(N(C)Cc2cc(F)cc(/C(N)=N/O)c2)C1. The highest BCUT2D eigenvalue weighted by atomic mass is 19.1. The van der Waals surface area contributed by atoms with Crippen LogP contribution in [0.25, 0.3) is 0 Å². The van der Waals surface area contributed by atoms with Crippen molar-refractivity contribution in [1.29, 1.82) is 0 Å². The molecule has 0 heterocycles. The van der Waals surface area contributed by atoms with Crippen molar-refractivity contribution in [2.24, 2.45) is 16.8 Å². The van der Waals surface area contributed by atoms with Gasteiger partial charge in [-0.05, 0) is 49.6 Å². The molecule has 1 aliphatic rings. The average molecular weight is 293 g/mol. The van der Waals surface area contributed by atoms with Gasteiger partial charge in [0.2, 0.25) is 0 Å². The number of nitrogens with zero attached hydrogens (tertiary/aromatic N) is 2. The summed E-state index contributed by atoms with van der Waals surface area (Å²) in [6, 6.07) is 5.11. The molecule has 21 heavy (non-hydrogen) atoms. The zero-order valence-electron chi connectivity index (χ0n) is 12.7. The minimum Gasteiger partial charge on any atom is -0.409 e. The molecule has 116 valence electrons. The summed E-state index contributed by atoms with van der Waals surface area (Å²) in [5.74, 6) is 0.329. The van der Waals surface area contributed by atoms with E-state index in [0.717, 1.165) is 11.5 Å². The minimum atomic E-state index is -0.362. The van der Waals surface area contributed by atoms with Crippen molar-refractivity contribution in [3.63, 3.8) is 0 Å². The van der Waals surface area contributed by atoms with Gasteiger partial charge < -0.3 is 10.9 Å². The third-order valence-corrected chi connectivity index (χ3v) is 4.33. The maximum atomic E-state index is 13.7. The van der Waals surface area contributed by atoms with Crippen molar-refractivity contribution < 1.29 is 9.60 Å². The normalized spacial score (nSPS) is 23.5. The predicted molar refractivity (Wildman–Crippen MR) is 81.8 cm³/mol. The summed E-state index contributed by atoms with van der Waals surface area (Å²) >= 11 is 0. The number of hydrogen-bond donors (Lipinski definition) is 2. The van der Waals surface area contributed by atoms with E-state index in [1.165, 1.54) is 37.8 Å². The van der Waals surface area contributed by atoms with Crippen LogP contribution in [0.4, 0.5) is 4.39 Å². The third kappa shape index (κ3) is 4.17. The van der Waals surface area contributed by atoms with E-state index >= 15 is 0 Å². The van der Waals surface area contributed by atoms with Crippen LogP contribution in [0.1, 0.15) is 43.7 Å². The van der Waals surface area contributed by atoms with E-state index in [2.05, 4.69) is 24.0 Å². The smallest absolute Gasteiger partial charge is 0.170 e. The maximum absolute atomic E-state index is 13.7. The fourth-order valence-electron chi connectivity index (χ4n) is 3.17. The molecule has 1 aliphatic carbocycles. The van der Waals surface area contributed by atoms with E-state index in [9.17, 15) is 4.39 Å². The highest BCUT2D eigenvalue weighted by Gasteiger charge is 2.22. The molecule has 1 aromatic rings. The van der Waals surface area contributed by atoms with Gasteiger partial charge in [0.1, 0.15) is 5.82 Å². The lowest BCUT2D eigenvalue weighted by Crippen LogP contribution is -2.35. The Hall–Kier alpha value is -1.62. The second-order valence-corrected chi connectivity index (χ2v) is 6.17. The van der Waals surface area contributed by atoms with Gasteiger partial charge in [-0.2, -0.15) is 0 Å². The van der Waals surface area contributed by atoms with Crippen molar-refractivity contribution in [1.82, 2.24) is 4.90 Å². The molecule has 5 heteroatoms. The average Bonchev–Trinajstić information content (AvgIpc) is 2.45. The summed E-state index contributed by atoms with van der Waals surface area (Å²) in [6.07, 6.45) is 4.95. The summed E-state index contributed by atoms with van der Waals surface area (Å²) in [4.78, 5) is 2.28. The second-order valence-electron chi connectivity index (χ2n) is 6.17. The van der Waals surface area contributed by atoms with Crippen LogP contribution in [0.5, 0.6) is 0 Å². The molecule has 0 aromatic heterocycles. The van der Waals surface area contributed by atoms with Crippen LogP contribution in [0.15, 0.2) is 23.4 Å². The number of halogens is 1. The Morgan fingerprint density at radius 1 is 1.43 bits per heavy atom. The largest absolute Gasteiger partial charge is 0.409 e. The molecule has 2 unspecified atom stereocenters. The van der Waals surface area contributed by atoms with E-state index in [0.29, 0.717) is 18.2 Å². The molecule has 0 radical (unpaired) electrons. The molecule has 1 aromatic carbocycles. The lowest BCUT2D eigenvalue weighted by atomic mass is 9.86. The van der Waals surface area contributed by atoms with Gasteiger partial charge in [0, 0.05) is 18.2 Å². The molecular formula is C16H24FN3O. The molecule has 0 spiro atoms. The van der Waals surface area contributed by atoms with Crippen molar-refractivity contribution in [3.05, 3.63) is 35.1 Å². The standard InChI is InChI=1S/C16H24FN3O/c1-11-4-3-5-15(6-11)20(2)10-12-7-13(16(18)19-21)9-14(17)8-12/h7-9,11,15,21H,3-6,10H2,1-2H3,(H2,18,19). The third-order valence-electron chi connectivity index (χ3n) is 4.33. The summed E-state index contributed by atoms with van der Waals surface area (Å²) in [7, 11) is 2.08. The van der Waals surface area contributed by atoms with Crippen LogP contribution in [-0.4, -0.2) is 29.0 Å². The van der Waals surface area contributed by atoms with Gasteiger partial charge in [-0.25, -0.2) is 4.39 Å². The molecular weight excluding hydrogens is 269 g/mol. The van der Waals surface area contributed by atoms with E-state index < -0.39 is 0 Å². The fourth-order valence-corrected chi connectivity index (χ4v) is 3.17. The summed E-state index contributed by atoms with van der Waals surface area (Å²) < 4.78 is 13.7. The molecule has 0 bridgehead atoms. The van der Waals surface area contributed by atoms with E-state index in [1.807, 2.05) is 0 Å². The van der Waals surface area contributed by atoms with Crippen LogP contribution < -0.4 is 5.73 Å². The fraction of sp³-hybridized carbons (Fsp3) is 0.562. The Labute approximate surface area is 125 Å². The van der Waals surface area contributed by atoms with Crippen molar-refractivity contribution in [2.75, 3.05) is 7.05 Å². The summed E-state index contributed by atoms with van der Waals surface area (Å²) in [5.41, 5.74) is 6.80. The number of oxime groups is 1. The van der Waals surface area contributed by atoms with E-state index in [-0.39, 0.29) is 11.7 Å². The molecule has 2 rings (SSSR count). The van der Waals surface area contributed by atoms with Gasteiger partial charge in [0.15, 0.2) is 5.84 Å². The Balaban J connectivity index is 2.09. The molecule has 4 nitrogen and oxygen atoms in total. The zero-order chi connectivity index (χ0) is 15.4. The highest BCUT2D eigenvalue weighted by molar-refractivity contribution is 5.97. The topological polar surface area (TPSA) is 61.8 Å². The first kappa shape index (κ1) is 15.8. The van der Waals surface area contributed by atoms with Crippen LogP contribution in [0, 0.1) is 11.7 Å². The van der Waals surface area contributed by atoms with Gasteiger partial charge in [-0.15, -0.1) is 0 Å². The van der Waals surface area contributed by atoms with Crippen LogP contribution in [-0.2, 0) is 6.54 Å². The predicted octanol–water partition coefficient (Wildman–Crippen LogP) is 2.93. The number of hydrogen-bond acceptors (Lipinski definition) is 3. The minimum absolute atomic E-state index is 0.0651. The lowest BCUT2D eigenvalue weighted by Gasteiger charge is -2.34. The van der Waals surface area contributed by atoms with E-state index in [1.54, 1.807) is 6.07 Å². The van der Waals surface area contributed by atoms with Gasteiger partial charge in [-0.3, -0.25) is 4.90 Å². The molecule has 1 fully saturated rings. The van der Waals surface area contributed by atoms with Crippen LogP contribution in [0.3, 0.4) is 0 Å². The maximum Gasteiger partial charge on any atom is 0.170 e. The monoisotopic (exact) mass is 293 g/mol. The Kier molecular flexibility index (Phi) is 5.17. The molecule has 2 atom stereocenters. The number of nitrogens with two attached hydrogens (primary N) is 1. The Morgan fingerprint density at radius 2 is 2.19 bits per heavy atom. The zero-order valence-corrected chi connectivity index (χ0v) is 12.7. The molecule has 3 N–H and O–H groups in total. The highest BCUT2D eigenvalue weighted by Crippen LogP contribution is 2.27. The number of benzene rings is 1. The van der Waals surface area contributed by atoms with E-state index in [4.69, 9.17) is 10.9 Å². The summed E-state index contributed by atoms with van der Waals surface area (Å²) in [5, 5.41) is 11.6. The van der Waals surface area contributed by atoms with Crippen molar-refractivity contribution in [2.45, 2.75) is 45.2 Å². The van der Waals surface area contributed by atoms with Crippen molar-refractivity contribution >= 4 is 5.84 Å². The quantitative estimate of drug-likeness (QED) is 0.388. The van der Waals surface area contributed by atoms with Crippen LogP contribution in [0.2, 0.25) is 0 Å². The molecule has 0 saturated heterocycles. The first-order chi connectivity index (χ1) is 9.99. The summed E-state index contributed by atoms with van der Waals surface area (Å²) in [6.45, 7) is 2.96. The van der Waals surface area contributed by atoms with Gasteiger partial charge in [0.25, 0.3) is 0 Å². The van der Waals surface area contributed by atoms with Crippen LogP contribution >= 0.6 is 0 Å².